The van der Waals surface area contributed by atoms with Crippen molar-refractivity contribution in [1.29, 1.82) is 0 Å². The summed E-state index contributed by atoms with van der Waals surface area (Å²) in [5.74, 6) is 0.672. The number of hydrogen-bond donors (Lipinski definition) is 1. The highest BCUT2D eigenvalue weighted by Crippen LogP contribution is 2.28. The van der Waals surface area contributed by atoms with Gasteiger partial charge in [-0.25, -0.2) is 0 Å². The number of nitrogens with two attached hydrogens (primary N) is 1. The van der Waals surface area contributed by atoms with E-state index in [9.17, 15) is 4.79 Å². The Morgan fingerprint density at radius 2 is 2.00 bits per heavy atom. The molecule has 18 heavy (non-hydrogen) atoms. The molecule has 0 spiro atoms. The molecule has 1 aromatic carbocycles. The van der Waals surface area contributed by atoms with Crippen LogP contribution in [0.25, 0.3) is 0 Å². The first-order valence-corrected chi connectivity index (χ1v) is 6.62. The Morgan fingerprint density at radius 1 is 1.39 bits per heavy atom. The molecule has 0 saturated heterocycles. The highest BCUT2D eigenvalue weighted by atomic mass is 16.2. The van der Waals surface area contributed by atoms with Crippen molar-refractivity contribution in [1.82, 2.24) is 4.90 Å². The molecule has 3 nitrogen and oxygen atoms in total. The molecular formula is C15H22N2O. The lowest BCUT2D eigenvalue weighted by molar-refractivity contribution is -0.136. The van der Waals surface area contributed by atoms with Gasteiger partial charge in [0.2, 0.25) is 5.91 Å². The van der Waals surface area contributed by atoms with Crippen molar-refractivity contribution in [2.75, 3.05) is 13.6 Å². The fourth-order valence-electron chi connectivity index (χ4n) is 2.45. The van der Waals surface area contributed by atoms with Gasteiger partial charge in [-0.05, 0) is 31.2 Å². The zero-order chi connectivity index (χ0) is 13.2. The molecule has 0 heterocycles. The third kappa shape index (κ3) is 2.56. The Morgan fingerprint density at radius 3 is 2.50 bits per heavy atom. The van der Waals surface area contributed by atoms with Gasteiger partial charge in [0, 0.05) is 13.6 Å². The first-order valence-electron chi connectivity index (χ1n) is 6.62. The highest BCUT2D eigenvalue weighted by Gasteiger charge is 2.34. The lowest BCUT2D eigenvalue weighted by Crippen LogP contribution is -2.51. The van der Waals surface area contributed by atoms with Crippen LogP contribution < -0.4 is 5.73 Å². The molecule has 0 bridgehead atoms. The van der Waals surface area contributed by atoms with E-state index in [1.807, 2.05) is 37.4 Å². The molecule has 0 radical (unpaired) electrons. The van der Waals surface area contributed by atoms with Crippen molar-refractivity contribution < 1.29 is 4.79 Å². The number of benzene rings is 1. The van der Waals surface area contributed by atoms with E-state index in [2.05, 4.69) is 0 Å². The molecule has 1 aliphatic carbocycles. The molecule has 3 heteroatoms. The van der Waals surface area contributed by atoms with Gasteiger partial charge >= 0.3 is 0 Å². The van der Waals surface area contributed by atoms with E-state index < -0.39 is 5.54 Å². The van der Waals surface area contributed by atoms with Crippen LogP contribution in [0, 0.1) is 5.92 Å². The summed E-state index contributed by atoms with van der Waals surface area (Å²) in [6.07, 6.45) is 3.78. The SMILES string of the molecule is CN(CC1CCC1)C(=O)C(C)(N)c1ccccc1. The van der Waals surface area contributed by atoms with Crippen LogP contribution in [0.2, 0.25) is 0 Å². The van der Waals surface area contributed by atoms with Crippen LogP contribution in [0.15, 0.2) is 30.3 Å². The maximum absolute atomic E-state index is 12.4. The Kier molecular flexibility index (Phi) is 3.71. The number of nitrogens with zero attached hydrogens (tertiary/aromatic N) is 1. The molecule has 98 valence electrons. The topological polar surface area (TPSA) is 46.3 Å². The van der Waals surface area contributed by atoms with Crippen LogP contribution in [0.3, 0.4) is 0 Å². The quantitative estimate of drug-likeness (QED) is 0.884. The number of carbonyl (C=O) groups excluding carboxylic acids is 1. The minimum absolute atomic E-state index is 0.000556. The number of likely N-dealkylation sites (N-methyl/N-ethyl adjacent to an activating group) is 1. The second-order valence-electron chi connectivity index (χ2n) is 5.55. The first kappa shape index (κ1) is 13.1. The zero-order valence-corrected chi connectivity index (χ0v) is 11.2. The molecule has 1 saturated carbocycles. The summed E-state index contributed by atoms with van der Waals surface area (Å²) in [5.41, 5.74) is 6.17. The Hall–Kier alpha value is -1.35. The Labute approximate surface area is 109 Å². The second-order valence-corrected chi connectivity index (χ2v) is 5.55. The van der Waals surface area contributed by atoms with E-state index in [1.54, 1.807) is 11.8 Å². The van der Waals surface area contributed by atoms with Crippen molar-refractivity contribution in [2.24, 2.45) is 11.7 Å². The molecule has 1 aromatic rings. The summed E-state index contributed by atoms with van der Waals surface area (Å²) in [7, 11) is 1.86. The van der Waals surface area contributed by atoms with Crippen LogP contribution in [0.1, 0.15) is 31.7 Å². The predicted octanol–water partition coefficient (Wildman–Crippen LogP) is 2.12. The van der Waals surface area contributed by atoms with Gasteiger partial charge in [0.15, 0.2) is 0 Å². The standard InChI is InChI=1S/C15H22N2O/c1-15(16,13-9-4-3-5-10-13)14(18)17(2)11-12-7-6-8-12/h3-5,9-10,12H,6-8,11,16H2,1-2H3. The van der Waals surface area contributed by atoms with Crippen molar-refractivity contribution in [3.63, 3.8) is 0 Å². The number of amides is 1. The van der Waals surface area contributed by atoms with Crippen molar-refractivity contribution in [3.8, 4) is 0 Å². The molecule has 2 rings (SSSR count). The summed E-state index contributed by atoms with van der Waals surface area (Å²) in [4.78, 5) is 14.2. The van der Waals surface area contributed by atoms with Gasteiger partial charge in [-0.15, -0.1) is 0 Å². The van der Waals surface area contributed by atoms with Crippen LogP contribution >= 0.6 is 0 Å². The molecule has 0 aromatic heterocycles. The Bertz CT molecular complexity index is 410. The van der Waals surface area contributed by atoms with E-state index in [-0.39, 0.29) is 5.91 Å². The molecular weight excluding hydrogens is 224 g/mol. The van der Waals surface area contributed by atoms with Gasteiger partial charge in [-0.1, -0.05) is 36.8 Å². The fraction of sp³-hybridized carbons (Fsp3) is 0.533. The molecule has 1 amide bonds. The third-order valence-electron chi connectivity index (χ3n) is 3.92. The molecule has 1 fully saturated rings. The summed E-state index contributed by atoms with van der Waals surface area (Å²) in [5, 5.41) is 0. The van der Waals surface area contributed by atoms with Gasteiger partial charge in [-0.2, -0.15) is 0 Å². The fourth-order valence-corrected chi connectivity index (χ4v) is 2.45. The first-order chi connectivity index (χ1) is 8.51. The van der Waals surface area contributed by atoms with Gasteiger partial charge in [0.1, 0.15) is 5.54 Å². The predicted molar refractivity (Wildman–Crippen MR) is 73.0 cm³/mol. The van der Waals surface area contributed by atoms with Gasteiger partial charge in [0.25, 0.3) is 0 Å². The average Bonchev–Trinajstić information content (AvgIpc) is 2.33. The number of hydrogen-bond acceptors (Lipinski definition) is 2. The number of carbonyl (C=O) groups is 1. The van der Waals surface area contributed by atoms with E-state index in [1.165, 1.54) is 19.3 Å². The molecule has 0 aliphatic heterocycles. The number of rotatable bonds is 4. The zero-order valence-electron chi connectivity index (χ0n) is 11.2. The summed E-state index contributed by atoms with van der Waals surface area (Å²) < 4.78 is 0. The highest BCUT2D eigenvalue weighted by molar-refractivity contribution is 5.86. The molecule has 1 unspecified atom stereocenters. The monoisotopic (exact) mass is 246 g/mol. The second kappa shape index (κ2) is 5.11. The van der Waals surface area contributed by atoms with Gasteiger partial charge in [0.05, 0.1) is 0 Å². The van der Waals surface area contributed by atoms with Crippen molar-refractivity contribution >= 4 is 5.91 Å². The van der Waals surface area contributed by atoms with Crippen LogP contribution in [-0.4, -0.2) is 24.4 Å². The van der Waals surface area contributed by atoms with E-state index in [4.69, 9.17) is 5.73 Å². The average molecular weight is 246 g/mol. The van der Waals surface area contributed by atoms with E-state index in [0.717, 1.165) is 12.1 Å². The molecule has 2 N–H and O–H groups in total. The van der Waals surface area contributed by atoms with Gasteiger partial charge in [-0.3, -0.25) is 4.79 Å². The lowest BCUT2D eigenvalue weighted by atomic mass is 9.84. The summed E-state index contributed by atoms with van der Waals surface area (Å²) in [6.45, 7) is 2.63. The maximum atomic E-state index is 12.4. The smallest absolute Gasteiger partial charge is 0.246 e. The van der Waals surface area contributed by atoms with E-state index in [0.29, 0.717) is 5.92 Å². The molecule has 1 aliphatic rings. The minimum atomic E-state index is -0.931. The largest absolute Gasteiger partial charge is 0.344 e. The normalized spacial score (nSPS) is 18.8. The summed E-state index contributed by atoms with van der Waals surface area (Å²) in [6, 6.07) is 9.59. The Balaban J connectivity index is 2.06. The van der Waals surface area contributed by atoms with Gasteiger partial charge < -0.3 is 10.6 Å². The minimum Gasteiger partial charge on any atom is -0.344 e. The maximum Gasteiger partial charge on any atom is 0.246 e. The van der Waals surface area contributed by atoms with Crippen LogP contribution in [0.4, 0.5) is 0 Å². The lowest BCUT2D eigenvalue weighted by Gasteiger charge is -2.34. The molecule has 1 atom stereocenters. The van der Waals surface area contributed by atoms with Crippen LogP contribution in [0.5, 0.6) is 0 Å². The van der Waals surface area contributed by atoms with Crippen molar-refractivity contribution in [3.05, 3.63) is 35.9 Å². The van der Waals surface area contributed by atoms with Crippen LogP contribution in [-0.2, 0) is 10.3 Å². The third-order valence-corrected chi connectivity index (χ3v) is 3.92. The van der Waals surface area contributed by atoms with Crippen molar-refractivity contribution in [2.45, 2.75) is 31.7 Å². The summed E-state index contributed by atoms with van der Waals surface area (Å²) >= 11 is 0. The van der Waals surface area contributed by atoms with E-state index >= 15 is 0 Å².